The highest BCUT2D eigenvalue weighted by Gasteiger charge is 2.10. The first-order chi connectivity index (χ1) is 11.5. The summed E-state index contributed by atoms with van der Waals surface area (Å²) in [6, 6.07) is 10.3. The van der Waals surface area contributed by atoms with Gasteiger partial charge in [0.25, 0.3) is 5.91 Å². The lowest BCUT2D eigenvalue weighted by Gasteiger charge is -2.09. The molecule has 3 amide bonds. The summed E-state index contributed by atoms with van der Waals surface area (Å²) in [5, 5.41) is 7.97. The van der Waals surface area contributed by atoms with Crippen LogP contribution >= 0.6 is 0 Å². The molecule has 0 atom stereocenters. The third-order valence-corrected chi connectivity index (χ3v) is 3.24. The van der Waals surface area contributed by atoms with Gasteiger partial charge in [0.1, 0.15) is 5.82 Å². The van der Waals surface area contributed by atoms with Gasteiger partial charge < -0.3 is 16.0 Å². The van der Waals surface area contributed by atoms with Gasteiger partial charge in [0, 0.05) is 23.5 Å². The number of aryl methyl sites for hydroxylation is 1. The molecule has 0 spiro atoms. The highest BCUT2D eigenvalue weighted by molar-refractivity contribution is 6.05. The third-order valence-electron chi connectivity index (χ3n) is 3.24. The average molecular weight is 327 g/mol. The predicted molar refractivity (Wildman–Crippen MR) is 92.8 cm³/mol. The number of carbonyl (C=O) groups is 2. The Bertz CT molecular complexity index is 757. The maximum Gasteiger partial charge on any atom is 0.319 e. The molecule has 3 N–H and O–H groups in total. The lowest BCUT2D eigenvalue weighted by Crippen LogP contribution is -2.28. The van der Waals surface area contributed by atoms with Crippen LogP contribution in [0.4, 0.5) is 20.6 Å². The SMILES string of the molecule is C=CCNC(=O)Nc1ccc(NC(=O)c2ccc(F)cc2C)cc1. The molecular formula is C18H18FN3O2. The summed E-state index contributed by atoms with van der Waals surface area (Å²) in [7, 11) is 0. The van der Waals surface area contributed by atoms with E-state index in [0.29, 0.717) is 29.0 Å². The van der Waals surface area contributed by atoms with Crippen molar-refractivity contribution >= 4 is 23.3 Å². The number of anilines is 2. The topological polar surface area (TPSA) is 70.2 Å². The molecule has 0 aliphatic heterocycles. The first kappa shape index (κ1) is 17.2. The highest BCUT2D eigenvalue weighted by atomic mass is 19.1. The molecule has 0 unspecified atom stereocenters. The molecule has 0 aliphatic rings. The van der Waals surface area contributed by atoms with Crippen LogP contribution < -0.4 is 16.0 Å². The monoisotopic (exact) mass is 327 g/mol. The maximum atomic E-state index is 13.1. The van der Waals surface area contributed by atoms with Gasteiger partial charge >= 0.3 is 6.03 Å². The molecular weight excluding hydrogens is 309 g/mol. The second-order valence-corrected chi connectivity index (χ2v) is 5.11. The molecule has 24 heavy (non-hydrogen) atoms. The molecule has 0 heterocycles. The normalized spacial score (nSPS) is 9.92. The molecule has 0 fully saturated rings. The van der Waals surface area contributed by atoms with Crippen LogP contribution in [0.25, 0.3) is 0 Å². The number of nitrogens with one attached hydrogen (secondary N) is 3. The molecule has 0 saturated heterocycles. The number of halogens is 1. The smallest absolute Gasteiger partial charge is 0.319 e. The van der Waals surface area contributed by atoms with Crippen molar-refractivity contribution in [3.05, 3.63) is 72.1 Å². The van der Waals surface area contributed by atoms with Crippen LogP contribution in [0.5, 0.6) is 0 Å². The Labute approximate surface area is 139 Å². The number of amides is 3. The number of hydrogen-bond donors (Lipinski definition) is 3. The van der Waals surface area contributed by atoms with Crippen LogP contribution in [0.2, 0.25) is 0 Å². The van der Waals surface area contributed by atoms with Gasteiger partial charge in [-0.3, -0.25) is 4.79 Å². The van der Waals surface area contributed by atoms with Crippen molar-refractivity contribution < 1.29 is 14.0 Å². The molecule has 124 valence electrons. The predicted octanol–water partition coefficient (Wildman–Crippen LogP) is 3.69. The lowest BCUT2D eigenvalue weighted by molar-refractivity contribution is 0.102. The van der Waals surface area contributed by atoms with Gasteiger partial charge in [-0.05, 0) is 55.0 Å². The molecule has 2 aromatic carbocycles. The van der Waals surface area contributed by atoms with Gasteiger partial charge in [-0.15, -0.1) is 6.58 Å². The van der Waals surface area contributed by atoms with E-state index in [-0.39, 0.29) is 17.8 Å². The van der Waals surface area contributed by atoms with Crippen LogP contribution in [0.3, 0.4) is 0 Å². The number of hydrogen-bond acceptors (Lipinski definition) is 2. The van der Waals surface area contributed by atoms with E-state index in [0.717, 1.165) is 0 Å². The second-order valence-electron chi connectivity index (χ2n) is 5.11. The fourth-order valence-corrected chi connectivity index (χ4v) is 2.06. The number of urea groups is 1. The van der Waals surface area contributed by atoms with Crippen LogP contribution in [-0.4, -0.2) is 18.5 Å². The van der Waals surface area contributed by atoms with E-state index in [9.17, 15) is 14.0 Å². The van der Waals surface area contributed by atoms with E-state index < -0.39 is 0 Å². The average Bonchev–Trinajstić information content (AvgIpc) is 2.54. The minimum Gasteiger partial charge on any atom is -0.334 e. The van der Waals surface area contributed by atoms with Crippen molar-refractivity contribution in [2.24, 2.45) is 0 Å². The zero-order valence-electron chi connectivity index (χ0n) is 13.2. The van der Waals surface area contributed by atoms with Gasteiger partial charge in [-0.1, -0.05) is 6.08 Å². The van der Waals surface area contributed by atoms with Crippen molar-refractivity contribution in [1.82, 2.24) is 5.32 Å². The van der Waals surface area contributed by atoms with Gasteiger partial charge in [0.15, 0.2) is 0 Å². The molecule has 0 radical (unpaired) electrons. The van der Waals surface area contributed by atoms with Crippen LogP contribution in [0.1, 0.15) is 15.9 Å². The standard InChI is InChI=1S/C18H18FN3O2/c1-3-10-20-18(24)22-15-7-5-14(6-8-15)21-17(23)16-9-4-13(19)11-12(16)2/h3-9,11H,1,10H2,2H3,(H,21,23)(H2,20,22,24). The van der Waals surface area contributed by atoms with Crippen LogP contribution in [0, 0.1) is 12.7 Å². The minimum absolute atomic E-state index is 0.322. The zero-order valence-corrected chi connectivity index (χ0v) is 13.2. The molecule has 0 bridgehead atoms. The van der Waals surface area contributed by atoms with Crippen LogP contribution in [0.15, 0.2) is 55.1 Å². The van der Waals surface area contributed by atoms with Crippen molar-refractivity contribution in [2.45, 2.75) is 6.92 Å². The zero-order chi connectivity index (χ0) is 17.5. The summed E-state index contributed by atoms with van der Waals surface area (Å²) < 4.78 is 13.1. The number of carbonyl (C=O) groups excluding carboxylic acids is 2. The summed E-state index contributed by atoms with van der Waals surface area (Å²) in [6.45, 7) is 5.56. The second kappa shape index (κ2) is 7.92. The van der Waals surface area contributed by atoms with Gasteiger partial charge in [-0.25, -0.2) is 9.18 Å². The Hall–Kier alpha value is -3.15. The van der Waals surface area contributed by atoms with Gasteiger partial charge in [0.05, 0.1) is 0 Å². The van der Waals surface area contributed by atoms with Gasteiger partial charge in [0.2, 0.25) is 0 Å². The summed E-state index contributed by atoms with van der Waals surface area (Å²) in [6.07, 6.45) is 1.58. The van der Waals surface area contributed by atoms with E-state index in [1.165, 1.54) is 18.2 Å². The largest absolute Gasteiger partial charge is 0.334 e. The van der Waals surface area contributed by atoms with Crippen molar-refractivity contribution in [3.8, 4) is 0 Å². The molecule has 5 nitrogen and oxygen atoms in total. The molecule has 0 aliphatic carbocycles. The lowest BCUT2D eigenvalue weighted by atomic mass is 10.1. The Morgan fingerprint density at radius 3 is 2.29 bits per heavy atom. The molecule has 2 aromatic rings. The molecule has 0 saturated carbocycles. The Kier molecular flexibility index (Phi) is 5.68. The molecule has 0 aromatic heterocycles. The van der Waals surface area contributed by atoms with E-state index >= 15 is 0 Å². The number of benzene rings is 2. The molecule has 6 heteroatoms. The molecule has 2 rings (SSSR count). The Balaban J connectivity index is 1.99. The van der Waals surface area contributed by atoms with E-state index in [4.69, 9.17) is 0 Å². The van der Waals surface area contributed by atoms with Crippen LogP contribution in [-0.2, 0) is 0 Å². The van der Waals surface area contributed by atoms with Crippen molar-refractivity contribution in [3.63, 3.8) is 0 Å². The van der Waals surface area contributed by atoms with E-state index in [2.05, 4.69) is 22.5 Å². The first-order valence-corrected chi connectivity index (χ1v) is 7.33. The fraction of sp³-hybridized carbons (Fsp3) is 0.111. The van der Waals surface area contributed by atoms with Crippen molar-refractivity contribution in [1.29, 1.82) is 0 Å². The summed E-state index contributed by atoms with van der Waals surface area (Å²) in [4.78, 5) is 23.7. The summed E-state index contributed by atoms with van der Waals surface area (Å²) in [5.41, 5.74) is 2.13. The van der Waals surface area contributed by atoms with Gasteiger partial charge in [-0.2, -0.15) is 0 Å². The Morgan fingerprint density at radius 1 is 1.08 bits per heavy atom. The third kappa shape index (κ3) is 4.67. The quantitative estimate of drug-likeness (QED) is 0.733. The minimum atomic E-state index is -0.380. The Morgan fingerprint density at radius 2 is 1.71 bits per heavy atom. The highest BCUT2D eigenvalue weighted by Crippen LogP contribution is 2.16. The van der Waals surface area contributed by atoms with E-state index in [1.807, 2.05) is 0 Å². The summed E-state index contributed by atoms with van der Waals surface area (Å²) in [5.74, 6) is -0.703. The van der Waals surface area contributed by atoms with Crippen molar-refractivity contribution in [2.75, 3.05) is 17.2 Å². The van der Waals surface area contributed by atoms with E-state index in [1.54, 1.807) is 37.3 Å². The number of rotatable bonds is 5. The maximum absolute atomic E-state index is 13.1. The fourth-order valence-electron chi connectivity index (χ4n) is 2.06. The first-order valence-electron chi connectivity index (χ1n) is 7.33. The summed E-state index contributed by atoms with van der Waals surface area (Å²) >= 11 is 0.